The summed E-state index contributed by atoms with van der Waals surface area (Å²) in [5.74, 6) is 0. The molecule has 0 heterocycles. The van der Waals surface area contributed by atoms with Crippen LogP contribution < -0.4 is 0 Å². The molecule has 1 heteroatoms. The third kappa shape index (κ3) is 12.0. The van der Waals surface area contributed by atoms with Crippen LogP contribution >= 0.6 is 12.6 Å². The summed E-state index contributed by atoms with van der Waals surface area (Å²) in [7, 11) is 0. The molecule has 77 valence electrons. The van der Waals surface area contributed by atoms with Crippen molar-refractivity contribution in [3.05, 3.63) is 11.5 Å². The van der Waals surface area contributed by atoms with Crippen molar-refractivity contribution in [3.8, 4) is 0 Å². The monoisotopic (exact) mass is 199 g/mol. The molecule has 13 heavy (non-hydrogen) atoms. The fraction of sp³-hybridized carbons (Fsp3) is 0.833. The third-order valence-corrected chi connectivity index (χ3v) is 2.51. The molecule has 0 saturated carbocycles. The Bertz CT molecular complexity index is 108. The summed E-state index contributed by atoms with van der Waals surface area (Å²) in [5, 5.41) is 1.74. The van der Waals surface area contributed by atoms with Crippen LogP contribution in [0.4, 0.5) is 0 Å². The number of allylic oxidation sites excluding steroid dienone is 1. The van der Waals surface area contributed by atoms with E-state index in [1.807, 2.05) is 0 Å². The number of hydrogen-bond acceptors (Lipinski definition) is 0. The first-order valence-electron chi connectivity index (χ1n) is 5.68. The highest BCUT2D eigenvalue weighted by molar-refractivity contribution is 7.83. The maximum Gasteiger partial charge on any atom is -0.00265 e. The fourth-order valence-electron chi connectivity index (χ4n) is 1.46. The van der Waals surface area contributed by atoms with E-state index in [2.05, 4.69) is 13.0 Å². The predicted molar refractivity (Wildman–Crippen MR) is 64.0 cm³/mol. The number of hydrogen-bond donors (Lipinski definition) is 0. The van der Waals surface area contributed by atoms with Crippen molar-refractivity contribution >= 4 is 12.6 Å². The zero-order valence-electron chi connectivity index (χ0n) is 8.93. The van der Waals surface area contributed by atoms with Crippen LogP contribution in [0, 0.1) is 0 Å². The minimum absolute atomic E-state index is 1.18. The van der Waals surface area contributed by atoms with Crippen LogP contribution in [-0.4, -0.2) is 0 Å². The van der Waals surface area contributed by atoms with Crippen molar-refractivity contribution in [2.24, 2.45) is 0 Å². The molecule has 0 N–H and O–H groups in total. The summed E-state index contributed by atoms with van der Waals surface area (Å²) in [6.07, 6.45) is 14.4. The summed E-state index contributed by atoms with van der Waals surface area (Å²) >= 11 is 4.72. The van der Waals surface area contributed by atoms with E-state index in [4.69, 9.17) is 12.6 Å². The molecule has 0 aromatic heterocycles. The van der Waals surface area contributed by atoms with Gasteiger partial charge in [0.05, 0.1) is 0 Å². The van der Waals surface area contributed by atoms with Crippen LogP contribution in [-0.2, 0) is 0 Å². The first kappa shape index (κ1) is 13.0. The molecule has 0 spiro atoms. The van der Waals surface area contributed by atoms with E-state index < -0.39 is 0 Å². The molecule has 0 nitrogen and oxygen atoms in total. The lowest BCUT2D eigenvalue weighted by Crippen LogP contribution is -1.79. The zero-order chi connectivity index (χ0) is 9.78. The Morgan fingerprint density at radius 2 is 1.38 bits per heavy atom. The van der Waals surface area contributed by atoms with Crippen LogP contribution in [0.25, 0.3) is 0 Å². The van der Waals surface area contributed by atoms with E-state index in [1.165, 1.54) is 57.8 Å². The maximum absolute atomic E-state index is 4.72. The molecule has 0 atom stereocenters. The van der Waals surface area contributed by atoms with Crippen molar-refractivity contribution in [2.75, 3.05) is 0 Å². The van der Waals surface area contributed by atoms with Crippen molar-refractivity contribution in [1.82, 2.24) is 0 Å². The fourth-order valence-corrected chi connectivity index (χ4v) is 1.60. The largest absolute Gasteiger partial charge is 0.0891 e. The molecular weight excluding hydrogens is 176 g/mol. The number of rotatable bonds is 9. The van der Waals surface area contributed by atoms with Crippen LogP contribution in [0.15, 0.2) is 11.5 Å². The second kappa shape index (κ2) is 12.0. The van der Waals surface area contributed by atoms with E-state index in [9.17, 15) is 0 Å². The summed E-state index contributed by atoms with van der Waals surface area (Å²) < 4.78 is 0. The Kier molecular flexibility index (Phi) is 11.9. The third-order valence-electron chi connectivity index (χ3n) is 2.32. The van der Waals surface area contributed by atoms with Crippen LogP contribution in [0.2, 0.25) is 0 Å². The van der Waals surface area contributed by atoms with Gasteiger partial charge in [0.25, 0.3) is 0 Å². The predicted octanol–water partition coefficient (Wildman–Crippen LogP) is 5.23. The molecule has 0 aromatic carbocycles. The average molecular weight is 199 g/mol. The molecule has 0 unspecified atom stereocenters. The maximum atomic E-state index is 4.72. The Labute approximate surface area is 89.2 Å². The molecular formula is C12H23S. The molecule has 0 amide bonds. The summed E-state index contributed by atoms with van der Waals surface area (Å²) in [5.41, 5.74) is 0. The van der Waals surface area contributed by atoms with Gasteiger partial charge in [-0.3, -0.25) is 0 Å². The van der Waals surface area contributed by atoms with E-state index in [0.29, 0.717) is 0 Å². The molecule has 0 saturated heterocycles. The lowest BCUT2D eigenvalue weighted by atomic mass is 10.1. The quantitative estimate of drug-likeness (QED) is 0.446. The van der Waals surface area contributed by atoms with Gasteiger partial charge in [-0.2, -0.15) is 0 Å². The lowest BCUT2D eigenvalue weighted by molar-refractivity contribution is 0.578. The van der Waals surface area contributed by atoms with Gasteiger partial charge in [-0.15, -0.1) is 0 Å². The molecule has 1 radical (unpaired) electrons. The van der Waals surface area contributed by atoms with Gasteiger partial charge in [0.2, 0.25) is 0 Å². The van der Waals surface area contributed by atoms with Crippen molar-refractivity contribution in [2.45, 2.75) is 64.7 Å². The molecule has 0 bridgehead atoms. The number of unbranched alkanes of at least 4 members (excludes halogenated alkanes) is 8. The van der Waals surface area contributed by atoms with Crippen molar-refractivity contribution in [1.29, 1.82) is 0 Å². The minimum atomic E-state index is 1.18. The Morgan fingerprint density at radius 3 is 1.92 bits per heavy atom. The molecule has 0 aliphatic rings. The standard InChI is InChI=1S/C12H23S/c1-2-3-4-5-6-7-8-9-10-11-12-13/h11-12H,2-10H2,1H3. The topological polar surface area (TPSA) is 0 Å². The van der Waals surface area contributed by atoms with Crippen molar-refractivity contribution < 1.29 is 0 Å². The molecule has 0 aliphatic heterocycles. The smallest absolute Gasteiger partial charge is 0.00265 e. The SMILES string of the molecule is CCCCCCCCCCC=C[S]. The second-order valence-electron chi connectivity index (χ2n) is 3.64. The highest BCUT2D eigenvalue weighted by Gasteiger charge is 1.89. The molecule has 0 aromatic rings. The Balaban J connectivity index is 2.83. The summed E-state index contributed by atoms with van der Waals surface area (Å²) in [4.78, 5) is 0. The van der Waals surface area contributed by atoms with Gasteiger partial charge in [0, 0.05) is 0 Å². The highest BCUT2D eigenvalue weighted by Crippen LogP contribution is 2.09. The van der Waals surface area contributed by atoms with E-state index in [-0.39, 0.29) is 0 Å². The zero-order valence-corrected chi connectivity index (χ0v) is 9.74. The van der Waals surface area contributed by atoms with Crippen LogP contribution in [0.1, 0.15) is 64.7 Å². The van der Waals surface area contributed by atoms with Crippen LogP contribution in [0.3, 0.4) is 0 Å². The second-order valence-corrected chi connectivity index (χ2v) is 3.91. The first-order valence-corrected chi connectivity index (χ1v) is 6.16. The first-order chi connectivity index (χ1) is 6.41. The Morgan fingerprint density at radius 1 is 0.846 bits per heavy atom. The molecule has 0 rings (SSSR count). The van der Waals surface area contributed by atoms with E-state index >= 15 is 0 Å². The van der Waals surface area contributed by atoms with Gasteiger partial charge >= 0.3 is 0 Å². The van der Waals surface area contributed by atoms with E-state index in [0.717, 1.165) is 0 Å². The average Bonchev–Trinajstić information content (AvgIpc) is 2.16. The van der Waals surface area contributed by atoms with Gasteiger partial charge in [0.15, 0.2) is 0 Å². The van der Waals surface area contributed by atoms with Gasteiger partial charge < -0.3 is 0 Å². The van der Waals surface area contributed by atoms with Gasteiger partial charge in [0.1, 0.15) is 0 Å². The van der Waals surface area contributed by atoms with Gasteiger partial charge in [-0.05, 0) is 18.2 Å². The normalized spacial score (nSPS) is 11.2. The summed E-state index contributed by atoms with van der Waals surface area (Å²) in [6, 6.07) is 0. The van der Waals surface area contributed by atoms with Crippen molar-refractivity contribution in [3.63, 3.8) is 0 Å². The van der Waals surface area contributed by atoms with Gasteiger partial charge in [-0.1, -0.05) is 70.6 Å². The minimum Gasteiger partial charge on any atom is -0.0891 e. The van der Waals surface area contributed by atoms with Gasteiger partial charge in [-0.25, -0.2) is 0 Å². The van der Waals surface area contributed by atoms with Crippen LogP contribution in [0.5, 0.6) is 0 Å². The molecule has 0 fully saturated rings. The highest BCUT2D eigenvalue weighted by atomic mass is 32.1. The molecule has 0 aliphatic carbocycles. The summed E-state index contributed by atoms with van der Waals surface area (Å²) in [6.45, 7) is 2.27. The van der Waals surface area contributed by atoms with E-state index in [1.54, 1.807) is 5.41 Å². The lowest BCUT2D eigenvalue weighted by Gasteiger charge is -1.99. The Hall–Kier alpha value is -0.0400.